The van der Waals surface area contributed by atoms with Crippen LogP contribution in [0.4, 0.5) is 0 Å². The first kappa shape index (κ1) is 9.85. The lowest BCUT2D eigenvalue weighted by Gasteiger charge is -2.16. The fourth-order valence-corrected chi connectivity index (χ4v) is 1.72. The lowest BCUT2D eigenvalue weighted by molar-refractivity contribution is 0.368. The molecule has 0 aromatic carbocycles. The van der Waals surface area contributed by atoms with Crippen molar-refractivity contribution in [3.05, 3.63) is 29.7 Å². The molecule has 0 spiro atoms. The molecule has 1 aromatic rings. The average Bonchev–Trinajstić information content (AvgIpc) is 2.72. The molecule has 78 valence electrons. The molecule has 2 rings (SSSR count). The molecule has 0 radical (unpaired) electrons. The predicted octanol–water partition coefficient (Wildman–Crippen LogP) is 1.93. The summed E-state index contributed by atoms with van der Waals surface area (Å²) in [6.07, 6.45) is 7.42. The van der Waals surface area contributed by atoms with Crippen molar-refractivity contribution in [1.82, 2.24) is 14.7 Å². The highest BCUT2D eigenvalue weighted by molar-refractivity contribution is 5.29. The number of aromatic nitrogens is 2. The number of allylic oxidation sites excluding steroid dienone is 1. The Balaban J connectivity index is 2.18. The van der Waals surface area contributed by atoms with Gasteiger partial charge in [0.2, 0.25) is 0 Å². The van der Waals surface area contributed by atoms with E-state index in [0.29, 0.717) is 6.04 Å². The summed E-state index contributed by atoms with van der Waals surface area (Å²) in [6, 6.07) is 0.417. The Labute approximate surface area is 90.4 Å². The van der Waals surface area contributed by atoms with Gasteiger partial charge < -0.3 is 4.90 Å². The Morgan fingerprint density at radius 1 is 1.60 bits per heavy atom. The SMILES string of the molecule is C#CC(=C)N1Cc2cn(C(C)C)nc2C1. The van der Waals surface area contributed by atoms with Crippen LogP contribution in [0.2, 0.25) is 0 Å². The van der Waals surface area contributed by atoms with Gasteiger partial charge in [-0.05, 0) is 13.8 Å². The number of nitrogens with zero attached hydrogens (tertiary/aromatic N) is 3. The molecule has 15 heavy (non-hydrogen) atoms. The van der Waals surface area contributed by atoms with Crippen molar-refractivity contribution in [3.63, 3.8) is 0 Å². The Hall–Kier alpha value is -1.69. The highest BCUT2D eigenvalue weighted by Gasteiger charge is 2.23. The van der Waals surface area contributed by atoms with Crippen LogP contribution < -0.4 is 0 Å². The van der Waals surface area contributed by atoms with Crippen LogP contribution in [0.25, 0.3) is 0 Å². The van der Waals surface area contributed by atoms with Crippen LogP contribution in [0.3, 0.4) is 0 Å². The largest absolute Gasteiger partial charge is 0.355 e. The van der Waals surface area contributed by atoms with E-state index in [9.17, 15) is 0 Å². The van der Waals surface area contributed by atoms with Crippen molar-refractivity contribution in [2.75, 3.05) is 0 Å². The summed E-state index contributed by atoms with van der Waals surface area (Å²) in [5, 5.41) is 4.52. The molecule has 0 unspecified atom stereocenters. The minimum Gasteiger partial charge on any atom is -0.355 e. The molecule has 0 amide bonds. The first-order valence-electron chi connectivity index (χ1n) is 5.09. The quantitative estimate of drug-likeness (QED) is 0.682. The Kier molecular flexibility index (Phi) is 2.28. The van der Waals surface area contributed by atoms with Crippen LogP contribution in [0, 0.1) is 12.3 Å². The maximum absolute atomic E-state index is 5.32. The summed E-state index contributed by atoms with van der Waals surface area (Å²) in [5.74, 6) is 2.57. The highest BCUT2D eigenvalue weighted by Crippen LogP contribution is 2.24. The van der Waals surface area contributed by atoms with Crippen LogP contribution in [0.5, 0.6) is 0 Å². The van der Waals surface area contributed by atoms with E-state index < -0.39 is 0 Å². The zero-order valence-corrected chi connectivity index (χ0v) is 9.20. The van der Waals surface area contributed by atoms with Gasteiger partial charge in [-0.2, -0.15) is 5.10 Å². The van der Waals surface area contributed by atoms with E-state index in [1.54, 1.807) is 0 Å². The summed E-state index contributed by atoms with van der Waals surface area (Å²) in [6.45, 7) is 9.71. The van der Waals surface area contributed by atoms with Crippen molar-refractivity contribution in [3.8, 4) is 12.3 Å². The summed E-state index contributed by atoms with van der Waals surface area (Å²) < 4.78 is 2.00. The molecule has 1 aliphatic rings. The normalized spacial score (nSPS) is 14.1. The van der Waals surface area contributed by atoms with Gasteiger partial charge in [0.1, 0.15) is 0 Å². The summed E-state index contributed by atoms with van der Waals surface area (Å²) >= 11 is 0. The lowest BCUT2D eigenvalue weighted by Crippen LogP contribution is -2.15. The van der Waals surface area contributed by atoms with Crippen molar-refractivity contribution in [2.24, 2.45) is 0 Å². The molecule has 3 nitrogen and oxygen atoms in total. The van der Waals surface area contributed by atoms with Crippen molar-refractivity contribution >= 4 is 0 Å². The highest BCUT2D eigenvalue weighted by atomic mass is 15.3. The van der Waals surface area contributed by atoms with E-state index in [-0.39, 0.29) is 0 Å². The topological polar surface area (TPSA) is 21.1 Å². The molecule has 0 bridgehead atoms. The van der Waals surface area contributed by atoms with E-state index in [4.69, 9.17) is 6.42 Å². The fraction of sp³-hybridized carbons (Fsp3) is 0.417. The van der Waals surface area contributed by atoms with Crippen LogP contribution >= 0.6 is 0 Å². The monoisotopic (exact) mass is 201 g/mol. The number of rotatable bonds is 2. The molecule has 0 saturated carbocycles. The number of fused-ring (bicyclic) bond motifs is 1. The number of hydrogen-bond acceptors (Lipinski definition) is 2. The predicted molar refractivity (Wildman–Crippen MR) is 59.8 cm³/mol. The smallest absolute Gasteiger partial charge is 0.0868 e. The average molecular weight is 201 g/mol. The van der Waals surface area contributed by atoms with Crippen LogP contribution in [-0.4, -0.2) is 14.7 Å². The second-order valence-corrected chi connectivity index (χ2v) is 4.12. The van der Waals surface area contributed by atoms with Gasteiger partial charge in [0.05, 0.1) is 17.9 Å². The lowest BCUT2D eigenvalue weighted by atomic mass is 10.3. The Morgan fingerprint density at radius 3 is 2.87 bits per heavy atom. The molecule has 1 aliphatic heterocycles. The van der Waals surface area contributed by atoms with Crippen molar-refractivity contribution in [2.45, 2.75) is 33.0 Å². The van der Waals surface area contributed by atoms with Crippen molar-refractivity contribution < 1.29 is 0 Å². The molecular formula is C12H15N3. The minimum absolute atomic E-state index is 0.417. The third-order valence-corrected chi connectivity index (χ3v) is 2.67. The first-order valence-corrected chi connectivity index (χ1v) is 5.09. The van der Waals surface area contributed by atoms with Gasteiger partial charge in [-0.15, -0.1) is 6.42 Å². The standard InChI is InChI=1S/C12H15N3/c1-5-10(4)14-6-11-7-15(9(2)3)13-12(11)8-14/h1,7,9H,4,6,8H2,2-3H3. The summed E-state index contributed by atoms with van der Waals surface area (Å²) in [7, 11) is 0. The van der Waals surface area contributed by atoms with Crippen LogP contribution in [0.15, 0.2) is 18.5 Å². The first-order chi connectivity index (χ1) is 7.11. The summed E-state index contributed by atoms with van der Waals surface area (Å²) in [5.41, 5.74) is 3.13. The van der Waals surface area contributed by atoms with E-state index >= 15 is 0 Å². The molecule has 0 aliphatic carbocycles. The van der Waals surface area contributed by atoms with Crippen molar-refractivity contribution in [1.29, 1.82) is 0 Å². The number of terminal acetylenes is 1. The van der Waals surface area contributed by atoms with Gasteiger partial charge >= 0.3 is 0 Å². The van der Waals surface area contributed by atoms with E-state index in [1.165, 1.54) is 5.56 Å². The maximum atomic E-state index is 5.32. The van der Waals surface area contributed by atoms with Gasteiger partial charge in [0.15, 0.2) is 0 Å². The van der Waals surface area contributed by atoms with Gasteiger partial charge in [-0.1, -0.05) is 12.5 Å². The fourth-order valence-electron chi connectivity index (χ4n) is 1.72. The third-order valence-electron chi connectivity index (χ3n) is 2.67. The third kappa shape index (κ3) is 1.63. The Bertz CT molecular complexity index is 411. The van der Waals surface area contributed by atoms with Gasteiger partial charge in [-0.3, -0.25) is 4.68 Å². The van der Waals surface area contributed by atoms with Gasteiger partial charge in [0, 0.05) is 24.3 Å². The summed E-state index contributed by atoms with van der Waals surface area (Å²) in [4.78, 5) is 2.07. The van der Waals surface area contributed by atoms with E-state index in [1.807, 2.05) is 4.68 Å². The Morgan fingerprint density at radius 2 is 2.33 bits per heavy atom. The molecular weight excluding hydrogens is 186 g/mol. The minimum atomic E-state index is 0.417. The van der Waals surface area contributed by atoms with Crippen LogP contribution in [0.1, 0.15) is 31.1 Å². The molecule has 2 heterocycles. The molecule has 0 saturated heterocycles. The van der Waals surface area contributed by atoms with Gasteiger partial charge in [-0.25, -0.2) is 0 Å². The van der Waals surface area contributed by atoms with E-state index in [2.05, 4.69) is 42.5 Å². The van der Waals surface area contributed by atoms with E-state index in [0.717, 1.165) is 24.5 Å². The zero-order chi connectivity index (χ0) is 11.0. The van der Waals surface area contributed by atoms with Crippen LogP contribution in [-0.2, 0) is 13.1 Å². The maximum Gasteiger partial charge on any atom is 0.0868 e. The molecule has 0 N–H and O–H groups in total. The number of hydrogen-bond donors (Lipinski definition) is 0. The zero-order valence-electron chi connectivity index (χ0n) is 9.20. The van der Waals surface area contributed by atoms with Gasteiger partial charge in [0.25, 0.3) is 0 Å². The molecule has 0 fully saturated rings. The second-order valence-electron chi connectivity index (χ2n) is 4.12. The molecule has 0 atom stereocenters. The molecule has 3 heteroatoms. The molecule has 1 aromatic heterocycles. The second kappa shape index (κ2) is 3.47.